The van der Waals surface area contributed by atoms with Crippen molar-refractivity contribution in [3.8, 4) is 11.5 Å². The number of aryl methyl sites for hydroxylation is 1. The Bertz CT molecular complexity index is 910. The SMILES string of the molecule is COc1cc(OC)cc(C2C(S(=O)(=O)NCc3cccc(C)c3)CON2C)c1. The molecule has 1 fully saturated rings. The highest BCUT2D eigenvalue weighted by Crippen LogP contribution is 2.37. The molecular weight excluding hydrogens is 380 g/mol. The number of sulfonamides is 1. The predicted molar refractivity (Wildman–Crippen MR) is 107 cm³/mol. The van der Waals surface area contributed by atoms with Crippen LogP contribution in [0.1, 0.15) is 22.7 Å². The van der Waals surface area contributed by atoms with Crippen LogP contribution in [0.4, 0.5) is 0 Å². The van der Waals surface area contributed by atoms with Crippen molar-refractivity contribution >= 4 is 10.0 Å². The number of ether oxygens (including phenoxy) is 2. The molecule has 0 aliphatic carbocycles. The van der Waals surface area contributed by atoms with Crippen molar-refractivity contribution in [3.05, 3.63) is 59.2 Å². The van der Waals surface area contributed by atoms with E-state index in [1.165, 1.54) is 0 Å². The summed E-state index contributed by atoms with van der Waals surface area (Å²) >= 11 is 0. The van der Waals surface area contributed by atoms with Crippen molar-refractivity contribution in [1.82, 2.24) is 9.79 Å². The first-order chi connectivity index (χ1) is 13.3. The minimum atomic E-state index is -3.64. The molecule has 1 saturated heterocycles. The number of hydrogen-bond donors (Lipinski definition) is 1. The molecule has 1 N–H and O–H groups in total. The molecule has 0 saturated carbocycles. The Morgan fingerprint density at radius 1 is 1.14 bits per heavy atom. The number of nitrogens with zero attached hydrogens (tertiary/aromatic N) is 1. The fourth-order valence-electron chi connectivity index (χ4n) is 3.39. The van der Waals surface area contributed by atoms with Gasteiger partial charge < -0.3 is 9.47 Å². The van der Waals surface area contributed by atoms with E-state index in [9.17, 15) is 8.42 Å². The van der Waals surface area contributed by atoms with Gasteiger partial charge in [0.1, 0.15) is 16.7 Å². The van der Waals surface area contributed by atoms with Gasteiger partial charge in [0.05, 0.1) is 26.9 Å². The summed E-state index contributed by atoms with van der Waals surface area (Å²) in [5.74, 6) is 1.19. The number of benzene rings is 2. The van der Waals surface area contributed by atoms with Crippen molar-refractivity contribution < 1.29 is 22.7 Å². The lowest BCUT2D eigenvalue weighted by molar-refractivity contribution is -0.110. The van der Waals surface area contributed by atoms with E-state index in [-0.39, 0.29) is 13.2 Å². The van der Waals surface area contributed by atoms with Crippen molar-refractivity contribution in [3.63, 3.8) is 0 Å². The van der Waals surface area contributed by atoms with Crippen LogP contribution >= 0.6 is 0 Å². The molecule has 2 atom stereocenters. The average Bonchev–Trinajstić information content (AvgIpc) is 3.08. The van der Waals surface area contributed by atoms with Gasteiger partial charge in [-0.3, -0.25) is 4.84 Å². The van der Waals surface area contributed by atoms with Gasteiger partial charge in [0.2, 0.25) is 10.0 Å². The fraction of sp³-hybridized carbons (Fsp3) is 0.400. The first-order valence-corrected chi connectivity index (χ1v) is 10.5. The van der Waals surface area contributed by atoms with Gasteiger partial charge in [-0.1, -0.05) is 29.8 Å². The first kappa shape index (κ1) is 20.6. The molecule has 1 aliphatic heterocycles. The molecule has 28 heavy (non-hydrogen) atoms. The zero-order valence-electron chi connectivity index (χ0n) is 16.5. The first-order valence-electron chi connectivity index (χ1n) is 8.97. The maximum Gasteiger partial charge on any atom is 0.219 e. The van der Waals surface area contributed by atoms with E-state index in [1.54, 1.807) is 44.5 Å². The van der Waals surface area contributed by atoms with Gasteiger partial charge in [-0.15, -0.1) is 0 Å². The molecule has 2 aromatic rings. The Kier molecular flexibility index (Phi) is 6.24. The lowest BCUT2D eigenvalue weighted by atomic mass is 10.0. The summed E-state index contributed by atoms with van der Waals surface area (Å²) in [6.45, 7) is 2.28. The van der Waals surface area contributed by atoms with Crippen LogP contribution in [0.5, 0.6) is 11.5 Å². The lowest BCUT2D eigenvalue weighted by Crippen LogP contribution is -2.39. The van der Waals surface area contributed by atoms with Crippen LogP contribution in [0.15, 0.2) is 42.5 Å². The van der Waals surface area contributed by atoms with Crippen molar-refractivity contribution in [1.29, 1.82) is 0 Å². The zero-order chi connectivity index (χ0) is 20.3. The average molecular weight is 407 g/mol. The number of methoxy groups -OCH3 is 2. The van der Waals surface area contributed by atoms with Crippen LogP contribution in [0.3, 0.4) is 0 Å². The molecule has 0 amide bonds. The summed E-state index contributed by atoms with van der Waals surface area (Å²) in [6.07, 6.45) is 0. The summed E-state index contributed by atoms with van der Waals surface area (Å²) in [7, 11) is 1.21. The molecule has 3 rings (SSSR count). The van der Waals surface area contributed by atoms with Crippen molar-refractivity contribution in [2.45, 2.75) is 24.8 Å². The molecule has 0 bridgehead atoms. The Hall–Kier alpha value is -2.13. The molecule has 0 spiro atoms. The highest BCUT2D eigenvalue weighted by molar-refractivity contribution is 7.90. The van der Waals surface area contributed by atoms with Gasteiger partial charge in [0.25, 0.3) is 0 Å². The Balaban J connectivity index is 1.85. The van der Waals surface area contributed by atoms with E-state index in [2.05, 4.69) is 4.72 Å². The third-order valence-corrected chi connectivity index (χ3v) is 6.60. The minimum absolute atomic E-state index is 0.0733. The second-order valence-electron chi connectivity index (χ2n) is 6.83. The van der Waals surface area contributed by atoms with E-state index in [0.717, 1.165) is 16.7 Å². The summed E-state index contributed by atoms with van der Waals surface area (Å²) in [4.78, 5) is 5.57. The highest BCUT2D eigenvalue weighted by Gasteiger charge is 2.43. The van der Waals surface area contributed by atoms with Gasteiger partial charge in [-0.05, 0) is 30.2 Å². The Labute approximate surface area is 166 Å². The van der Waals surface area contributed by atoms with Gasteiger partial charge >= 0.3 is 0 Å². The smallest absolute Gasteiger partial charge is 0.219 e. The van der Waals surface area contributed by atoms with E-state index >= 15 is 0 Å². The molecule has 0 aromatic heterocycles. The largest absolute Gasteiger partial charge is 0.497 e. The van der Waals surface area contributed by atoms with Gasteiger partial charge in [0, 0.05) is 19.7 Å². The second-order valence-corrected chi connectivity index (χ2v) is 8.81. The molecule has 8 heteroatoms. The summed E-state index contributed by atoms with van der Waals surface area (Å²) in [6, 6.07) is 12.6. The van der Waals surface area contributed by atoms with Crippen molar-refractivity contribution in [2.75, 3.05) is 27.9 Å². The molecule has 0 radical (unpaired) electrons. The molecule has 2 aromatic carbocycles. The van der Waals surface area contributed by atoms with Crippen LogP contribution in [0, 0.1) is 6.92 Å². The molecule has 152 valence electrons. The number of nitrogens with one attached hydrogen (secondary N) is 1. The quantitative estimate of drug-likeness (QED) is 0.761. The Morgan fingerprint density at radius 3 is 2.43 bits per heavy atom. The van der Waals surface area contributed by atoms with Crippen molar-refractivity contribution in [2.24, 2.45) is 0 Å². The molecule has 1 aliphatic rings. The zero-order valence-corrected chi connectivity index (χ0v) is 17.3. The summed E-state index contributed by atoms with van der Waals surface area (Å²) < 4.78 is 39.5. The third-order valence-electron chi connectivity index (χ3n) is 4.86. The monoisotopic (exact) mass is 406 g/mol. The summed E-state index contributed by atoms with van der Waals surface area (Å²) in [5, 5.41) is 0.809. The van der Waals surface area contributed by atoms with E-state index in [0.29, 0.717) is 11.5 Å². The topological polar surface area (TPSA) is 77.1 Å². The summed E-state index contributed by atoms with van der Waals surface area (Å²) in [5.41, 5.74) is 2.75. The fourth-order valence-corrected chi connectivity index (χ4v) is 4.88. The lowest BCUT2D eigenvalue weighted by Gasteiger charge is -2.24. The molecule has 7 nitrogen and oxygen atoms in total. The predicted octanol–water partition coefficient (Wildman–Crippen LogP) is 2.42. The van der Waals surface area contributed by atoms with Crippen LogP contribution in [-0.4, -0.2) is 46.6 Å². The molecule has 2 unspecified atom stereocenters. The van der Waals surface area contributed by atoms with Crippen LogP contribution in [-0.2, 0) is 21.4 Å². The van der Waals surface area contributed by atoms with E-state index in [4.69, 9.17) is 14.3 Å². The van der Waals surface area contributed by atoms with Crippen LogP contribution in [0.25, 0.3) is 0 Å². The van der Waals surface area contributed by atoms with Gasteiger partial charge in [-0.25, -0.2) is 13.1 Å². The maximum atomic E-state index is 13.0. The van der Waals surface area contributed by atoms with Crippen LogP contribution in [0.2, 0.25) is 0 Å². The number of hydroxylamine groups is 2. The molecular formula is C20H26N2O5S. The Morgan fingerprint density at radius 2 is 1.82 bits per heavy atom. The maximum absolute atomic E-state index is 13.0. The second kappa shape index (κ2) is 8.48. The number of hydrogen-bond acceptors (Lipinski definition) is 6. The normalized spacial score (nSPS) is 20.3. The van der Waals surface area contributed by atoms with Gasteiger partial charge in [-0.2, -0.15) is 5.06 Å². The third kappa shape index (κ3) is 4.47. The minimum Gasteiger partial charge on any atom is -0.497 e. The number of rotatable bonds is 7. The van der Waals surface area contributed by atoms with Gasteiger partial charge in [0.15, 0.2) is 0 Å². The van der Waals surface area contributed by atoms with E-state index in [1.807, 2.05) is 31.2 Å². The molecule has 1 heterocycles. The highest BCUT2D eigenvalue weighted by atomic mass is 32.2. The van der Waals surface area contributed by atoms with Crippen LogP contribution < -0.4 is 14.2 Å². The standard InChI is InChI=1S/C20H26N2O5S/c1-14-6-5-7-15(8-14)12-21-28(23,24)19-13-27-22(2)20(19)16-9-17(25-3)11-18(10-16)26-4/h5-11,19-21H,12-13H2,1-4H3. The van der Waals surface area contributed by atoms with E-state index < -0.39 is 21.3 Å².